The van der Waals surface area contributed by atoms with Crippen LogP contribution in [0, 0.1) is 0 Å². The van der Waals surface area contributed by atoms with Crippen LogP contribution in [0.15, 0.2) is 48.8 Å². The third-order valence-corrected chi connectivity index (χ3v) is 3.09. The van der Waals surface area contributed by atoms with Crippen molar-refractivity contribution in [1.82, 2.24) is 4.57 Å². The Morgan fingerprint density at radius 2 is 1.69 bits per heavy atom. The maximum atomic E-state index is 2.30. The molecule has 0 fully saturated rings. The van der Waals surface area contributed by atoms with E-state index in [4.69, 9.17) is 0 Å². The first kappa shape index (κ1) is 11.0. The maximum Gasteiger partial charge on any atom is 0.0449 e. The first-order valence-corrected chi connectivity index (χ1v) is 6.04. The zero-order valence-electron chi connectivity index (χ0n) is 10.1. The highest BCUT2D eigenvalue weighted by Crippen LogP contribution is 2.21. The van der Waals surface area contributed by atoms with E-state index < -0.39 is 0 Å². The van der Waals surface area contributed by atoms with Gasteiger partial charge in [0.05, 0.1) is 0 Å². The number of hydrogen-bond donors (Lipinski definition) is 0. The highest BCUT2D eigenvalue weighted by Gasteiger charge is 2.03. The monoisotopic (exact) mass is 213 g/mol. The van der Waals surface area contributed by atoms with Crippen LogP contribution in [0.3, 0.4) is 0 Å². The molecule has 0 spiro atoms. The van der Waals surface area contributed by atoms with Gasteiger partial charge in [-0.3, -0.25) is 0 Å². The van der Waals surface area contributed by atoms with Gasteiger partial charge >= 0.3 is 0 Å². The Hall–Kier alpha value is -1.50. The molecule has 0 aliphatic heterocycles. The fourth-order valence-corrected chi connectivity index (χ4v) is 2.08. The topological polar surface area (TPSA) is 4.93 Å². The van der Waals surface area contributed by atoms with Gasteiger partial charge < -0.3 is 4.57 Å². The molecule has 84 valence electrons. The van der Waals surface area contributed by atoms with Crippen LogP contribution in [0.1, 0.15) is 38.2 Å². The molecule has 0 aliphatic rings. The van der Waals surface area contributed by atoms with Crippen molar-refractivity contribution in [2.24, 2.45) is 0 Å². The van der Waals surface area contributed by atoms with E-state index in [1.54, 1.807) is 0 Å². The van der Waals surface area contributed by atoms with E-state index in [1.807, 2.05) is 12.1 Å². The van der Waals surface area contributed by atoms with Crippen LogP contribution in [0.25, 0.3) is 5.69 Å². The molecule has 1 nitrogen and oxygen atoms in total. The molecule has 16 heavy (non-hydrogen) atoms. The van der Waals surface area contributed by atoms with Crippen LogP contribution in [0.4, 0.5) is 0 Å². The Labute approximate surface area is 97.7 Å². The molecule has 1 atom stereocenters. The molecule has 1 aromatic carbocycles. The Morgan fingerprint density at radius 3 is 2.25 bits per heavy atom. The lowest BCUT2D eigenvalue weighted by Crippen LogP contribution is -1.94. The van der Waals surface area contributed by atoms with Crippen molar-refractivity contribution in [3.05, 3.63) is 54.4 Å². The molecule has 0 bridgehead atoms. The summed E-state index contributed by atoms with van der Waals surface area (Å²) in [5.74, 6) is 0.670. The van der Waals surface area contributed by atoms with Crippen molar-refractivity contribution in [3.63, 3.8) is 0 Å². The number of benzene rings is 1. The average Bonchev–Trinajstić information content (AvgIpc) is 2.83. The standard InChI is InChI=1S/C15H19N/c1-3-6-13(2)14-7-9-15(10-8-14)16-11-4-5-12-16/h4-5,7-13H,3,6H2,1-2H3. The fraction of sp³-hybridized carbons (Fsp3) is 0.333. The van der Waals surface area contributed by atoms with Crippen molar-refractivity contribution in [2.45, 2.75) is 32.6 Å². The van der Waals surface area contributed by atoms with Crippen LogP contribution in [-0.2, 0) is 0 Å². The van der Waals surface area contributed by atoms with Gasteiger partial charge in [0.1, 0.15) is 0 Å². The first-order valence-electron chi connectivity index (χ1n) is 6.04. The van der Waals surface area contributed by atoms with Gasteiger partial charge in [0, 0.05) is 18.1 Å². The second-order valence-corrected chi connectivity index (χ2v) is 4.37. The van der Waals surface area contributed by atoms with E-state index in [1.165, 1.54) is 24.1 Å². The van der Waals surface area contributed by atoms with Gasteiger partial charge in [-0.2, -0.15) is 0 Å². The highest BCUT2D eigenvalue weighted by molar-refractivity contribution is 5.36. The second kappa shape index (κ2) is 5.02. The first-order chi connectivity index (χ1) is 7.81. The number of hydrogen-bond acceptors (Lipinski definition) is 0. The van der Waals surface area contributed by atoms with Crippen LogP contribution in [0.2, 0.25) is 0 Å². The quantitative estimate of drug-likeness (QED) is 0.710. The van der Waals surface area contributed by atoms with Gasteiger partial charge in [0.25, 0.3) is 0 Å². The smallest absolute Gasteiger partial charge is 0.0449 e. The molecule has 1 heterocycles. The van der Waals surface area contributed by atoms with Crippen LogP contribution in [-0.4, -0.2) is 4.57 Å². The number of nitrogens with zero attached hydrogens (tertiary/aromatic N) is 1. The Balaban J connectivity index is 2.16. The largest absolute Gasteiger partial charge is 0.324 e. The Morgan fingerprint density at radius 1 is 1.06 bits per heavy atom. The molecule has 0 saturated heterocycles. The van der Waals surface area contributed by atoms with Crippen molar-refractivity contribution in [1.29, 1.82) is 0 Å². The van der Waals surface area contributed by atoms with E-state index in [0.717, 1.165) is 0 Å². The predicted octanol–water partition coefficient (Wildman–Crippen LogP) is 4.38. The zero-order valence-corrected chi connectivity index (χ0v) is 10.1. The van der Waals surface area contributed by atoms with Gasteiger partial charge in [-0.1, -0.05) is 32.4 Å². The molecule has 0 amide bonds. The molecule has 2 rings (SSSR count). The summed E-state index contributed by atoms with van der Waals surface area (Å²) in [5.41, 5.74) is 2.68. The van der Waals surface area contributed by atoms with Crippen molar-refractivity contribution in [2.75, 3.05) is 0 Å². The zero-order chi connectivity index (χ0) is 11.4. The summed E-state index contributed by atoms with van der Waals surface area (Å²) < 4.78 is 2.13. The second-order valence-electron chi connectivity index (χ2n) is 4.37. The lowest BCUT2D eigenvalue weighted by molar-refractivity contribution is 0.665. The van der Waals surface area contributed by atoms with E-state index in [2.05, 4.69) is 55.1 Å². The van der Waals surface area contributed by atoms with Gasteiger partial charge in [0.2, 0.25) is 0 Å². The van der Waals surface area contributed by atoms with Crippen molar-refractivity contribution in [3.8, 4) is 5.69 Å². The maximum absolute atomic E-state index is 2.30. The third kappa shape index (κ3) is 2.35. The Kier molecular flexibility index (Phi) is 3.45. The number of rotatable bonds is 4. The van der Waals surface area contributed by atoms with E-state index >= 15 is 0 Å². The fourth-order valence-electron chi connectivity index (χ4n) is 2.08. The minimum Gasteiger partial charge on any atom is -0.324 e. The summed E-state index contributed by atoms with van der Waals surface area (Å²) in [6, 6.07) is 13.0. The van der Waals surface area contributed by atoms with E-state index in [0.29, 0.717) is 5.92 Å². The summed E-state index contributed by atoms with van der Waals surface area (Å²) in [6.45, 7) is 4.54. The lowest BCUT2D eigenvalue weighted by atomic mass is 9.96. The molecule has 0 saturated carbocycles. The van der Waals surface area contributed by atoms with Gasteiger partial charge in [-0.25, -0.2) is 0 Å². The summed E-state index contributed by atoms with van der Waals surface area (Å²) in [4.78, 5) is 0. The summed E-state index contributed by atoms with van der Waals surface area (Å²) in [5, 5.41) is 0. The van der Waals surface area contributed by atoms with Crippen molar-refractivity contribution >= 4 is 0 Å². The molecular weight excluding hydrogens is 194 g/mol. The molecule has 1 heteroatoms. The number of aromatic nitrogens is 1. The van der Waals surface area contributed by atoms with Crippen LogP contribution < -0.4 is 0 Å². The molecule has 0 radical (unpaired) electrons. The highest BCUT2D eigenvalue weighted by atomic mass is 14.9. The summed E-state index contributed by atoms with van der Waals surface area (Å²) in [7, 11) is 0. The van der Waals surface area contributed by atoms with Gasteiger partial charge in [-0.15, -0.1) is 0 Å². The molecule has 1 aromatic heterocycles. The molecule has 0 N–H and O–H groups in total. The normalized spacial score (nSPS) is 12.6. The van der Waals surface area contributed by atoms with Gasteiger partial charge in [-0.05, 0) is 42.2 Å². The summed E-state index contributed by atoms with van der Waals surface area (Å²) >= 11 is 0. The molecule has 2 aromatic rings. The lowest BCUT2D eigenvalue weighted by Gasteiger charge is -2.11. The minimum atomic E-state index is 0.670. The molecular formula is C15H19N. The third-order valence-electron chi connectivity index (χ3n) is 3.09. The minimum absolute atomic E-state index is 0.670. The van der Waals surface area contributed by atoms with Crippen LogP contribution in [0.5, 0.6) is 0 Å². The molecule has 1 unspecified atom stereocenters. The van der Waals surface area contributed by atoms with Crippen molar-refractivity contribution < 1.29 is 0 Å². The van der Waals surface area contributed by atoms with Gasteiger partial charge in [0.15, 0.2) is 0 Å². The van der Waals surface area contributed by atoms with Crippen LogP contribution >= 0.6 is 0 Å². The SMILES string of the molecule is CCCC(C)c1ccc(-n2cccc2)cc1. The average molecular weight is 213 g/mol. The predicted molar refractivity (Wildman–Crippen MR) is 69.1 cm³/mol. The summed E-state index contributed by atoms with van der Waals surface area (Å²) in [6.07, 6.45) is 6.67. The molecule has 0 aliphatic carbocycles. The van der Waals surface area contributed by atoms with E-state index in [-0.39, 0.29) is 0 Å². The van der Waals surface area contributed by atoms with E-state index in [9.17, 15) is 0 Å². The Bertz CT molecular complexity index is 411.